The Bertz CT molecular complexity index is 814. The van der Waals surface area contributed by atoms with Crippen molar-refractivity contribution >= 4 is 33.8 Å². The molecule has 4 heteroatoms. The molecule has 3 nitrogen and oxygen atoms in total. The van der Waals surface area contributed by atoms with E-state index in [0.29, 0.717) is 16.8 Å². The van der Waals surface area contributed by atoms with Crippen LogP contribution in [0.1, 0.15) is 15.9 Å². The summed E-state index contributed by atoms with van der Waals surface area (Å²) >= 11 is 5.82. The Labute approximate surface area is 121 Å². The smallest absolute Gasteiger partial charge is 0.195 e. The van der Waals surface area contributed by atoms with Gasteiger partial charge in [0.2, 0.25) is 0 Å². The second kappa shape index (κ2) is 4.94. The van der Waals surface area contributed by atoms with Crippen molar-refractivity contribution in [3.05, 3.63) is 71.0 Å². The lowest BCUT2D eigenvalue weighted by Gasteiger charge is -2.06. The van der Waals surface area contributed by atoms with Gasteiger partial charge in [-0.25, -0.2) is 4.98 Å². The van der Waals surface area contributed by atoms with E-state index in [1.165, 1.54) is 12.3 Å². The molecule has 0 spiro atoms. The summed E-state index contributed by atoms with van der Waals surface area (Å²) in [5.41, 5.74) is 7.08. The highest BCUT2D eigenvalue weighted by atomic mass is 35.5. The van der Waals surface area contributed by atoms with E-state index in [9.17, 15) is 4.79 Å². The van der Waals surface area contributed by atoms with Crippen LogP contribution < -0.4 is 5.73 Å². The second-order valence-electron chi connectivity index (χ2n) is 4.49. The Kier molecular flexibility index (Phi) is 3.12. The van der Waals surface area contributed by atoms with Crippen molar-refractivity contribution < 1.29 is 4.79 Å². The number of halogens is 1. The molecule has 20 heavy (non-hydrogen) atoms. The van der Waals surface area contributed by atoms with Crippen LogP contribution in [0.3, 0.4) is 0 Å². The molecule has 0 atom stereocenters. The molecule has 0 unspecified atom stereocenters. The van der Waals surface area contributed by atoms with Gasteiger partial charge >= 0.3 is 0 Å². The van der Waals surface area contributed by atoms with Crippen molar-refractivity contribution in [1.29, 1.82) is 0 Å². The molecule has 3 aromatic rings. The molecule has 2 N–H and O–H groups in total. The number of ketones is 1. The number of hydrogen-bond acceptors (Lipinski definition) is 3. The summed E-state index contributed by atoms with van der Waals surface area (Å²) in [6, 6.07) is 14.9. The maximum absolute atomic E-state index is 12.5. The van der Waals surface area contributed by atoms with Crippen LogP contribution in [-0.4, -0.2) is 10.8 Å². The molecule has 2 aromatic carbocycles. The highest BCUT2D eigenvalue weighted by Gasteiger charge is 2.13. The van der Waals surface area contributed by atoms with E-state index in [1.54, 1.807) is 6.07 Å². The van der Waals surface area contributed by atoms with Gasteiger partial charge in [0, 0.05) is 5.56 Å². The molecular formula is C16H11ClN2O. The lowest BCUT2D eigenvalue weighted by atomic mass is 10.00. The Balaban J connectivity index is 2.10. The predicted molar refractivity (Wildman–Crippen MR) is 81.0 cm³/mol. The molecule has 0 aliphatic heterocycles. The molecule has 0 amide bonds. The lowest BCUT2D eigenvalue weighted by molar-refractivity contribution is 0.103. The topological polar surface area (TPSA) is 56.0 Å². The number of carbonyl (C=O) groups excluding carboxylic acids is 1. The monoisotopic (exact) mass is 282 g/mol. The van der Waals surface area contributed by atoms with Gasteiger partial charge < -0.3 is 5.73 Å². The van der Waals surface area contributed by atoms with Gasteiger partial charge in [0.1, 0.15) is 5.15 Å². The molecule has 0 bridgehead atoms. The van der Waals surface area contributed by atoms with Gasteiger partial charge in [-0.2, -0.15) is 0 Å². The van der Waals surface area contributed by atoms with Crippen molar-refractivity contribution in [2.75, 3.05) is 5.73 Å². The lowest BCUT2D eigenvalue weighted by Crippen LogP contribution is -2.06. The number of pyridine rings is 1. The Morgan fingerprint density at radius 1 is 1.05 bits per heavy atom. The fraction of sp³-hybridized carbons (Fsp3) is 0. The summed E-state index contributed by atoms with van der Waals surface area (Å²) < 4.78 is 0. The molecular weight excluding hydrogens is 272 g/mol. The SMILES string of the molecule is Nc1cnc(Cl)cc1C(=O)c1ccc2ccccc2c1. The van der Waals surface area contributed by atoms with Crippen LogP contribution in [-0.2, 0) is 0 Å². The highest BCUT2D eigenvalue weighted by Crippen LogP contribution is 2.22. The Hall–Kier alpha value is -2.39. The summed E-state index contributed by atoms with van der Waals surface area (Å²) in [7, 11) is 0. The van der Waals surface area contributed by atoms with Gasteiger partial charge in [-0.15, -0.1) is 0 Å². The minimum absolute atomic E-state index is 0.155. The first-order valence-corrected chi connectivity index (χ1v) is 6.47. The predicted octanol–water partition coefficient (Wildman–Crippen LogP) is 3.70. The zero-order valence-corrected chi connectivity index (χ0v) is 11.3. The van der Waals surface area contributed by atoms with Crippen molar-refractivity contribution in [3.63, 3.8) is 0 Å². The number of aromatic nitrogens is 1. The fourth-order valence-electron chi connectivity index (χ4n) is 2.12. The number of fused-ring (bicyclic) bond motifs is 1. The standard InChI is InChI=1S/C16H11ClN2O/c17-15-8-13(14(18)9-19-15)16(20)12-6-5-10-3-1-2-4-11(10)7-12/h1-9H,18H2. The van der Waals surface area contributed by atoms with Crippen LogP contribution in [0.15, 0.2) is 54.7 Å². The van der Waals surface area contributed by atoms with Crippen LogP contribution >= 0.6 is 11.6 Å². The zero-order chi connectivity index (χ0) is 14.1. The zero-order valence-electron chi connectivity index (χ0n) is 10.5. The first-order chi connectivity index (χ1) is 9.65. The van der Waals surface area contributed by atoms with Gasteiger partial charge in [-0.1, -0.05) is 48.0 Å². The van der Waals surface area contributed by atoms with Gasteiger partial charge in [0.15, 0.2) is 5.78 Å². The van der Waals surface area contributed by atoms with Crippen LogP contribution in [0.25, 0.3) is 10.8 Å². The van der Waals surface area contributed by atoms with Gasteiger partial charge in [-0.3, -0.25) is 4.79 Å². The number of carbonyl (C=O) groups is 1. The fourth-order valence-corrected chi connectivity index (χ4v) is 2.28. The highest BCUT2D eigenvalue weighted by molar-refractivity contribution is 6.30. The molecule has 0 saturated carbocycles. The molecule has 3 rings (SSSR count). The van der Waals surface area contributed by atoms with Crippen molar-refractivity contribution in [1.82, 2.24) is 4.98 Å². The minimum Gasteiger partial charge on any atom is -0.397 e. The van der Waals surface area contributed by atoms with Crippen molar-refractivity contribution in [2.45, 2.75) is 0 Å². The normalized spacial score (nSPS) is 10.7. The van der Waals surface area contributed by atoms with Crippen LogP contribution in [0, 0.1) is 0 Å². The second-order valence-corrected chi connectivity index (χ2v) is 4.87. The first-order valence-electron chi connectivity index (χ1n) is 6.09. The van der Waals surface area contributed by atoms with E-state index in [-0.39, 0.29) is 10.9 Å². The van der Waals surface area contributed by atoms with Crippen molar-refractivity contribution in [3.8, 4) is 0 Å². The number of benzene rings is 2. The van der Waals surface area contributed by atoms with Crippen molar-refractivity contribution in [2.24, 2.45) is 0 Å². The molecule has 0 aliphatic rings. The maximum atomic E-state index is 12.5. The molecule has 0 saturated heterocycles. The number of hydrogen-bond donors (Lipinski definition) is 1. The van der Waals surface area contributed by atoms with Gasteiger partial charge in [-0.05, 0) is 22.9 Å². The largest absolute Gasteiger partial charge is 0.397 e. The molecule has 1 aromatic heterocycles. The van der Waals surface area contributed by atoms with E-state index in [2.05, 4.69) is 4.98 Å². The number of nitrogens with two attached hydrogens (primary N) is 1. The summed E-state index contributed by atoms with van der Waals surface area (Å²) in [5, 5.41) is 2.35. The summed E-state index contributed by atoms with van der Waals surface area (Å²) in [6.45, 7) is 0. The first kappa shape index (κ1) is 12.6. The van der Waals surface area contributed by atoms with Crippen LogP contribution in [0.2, 0.25) is 5.15 Å². The summed E-state index contributed by atoms with van der Waals surface area (Å²) in [5.74, 6) is -0.155. The molecule has 98 valence electrons. The summed E-state index contributed by atoms with van der Waals surface area (Å²) in [4.78, 5) is 16.4. The third kappa shape index (κ3) is 2.24. The third-order valence-corrected chi connectivity index (χ3v) is 3.36. The maximum Gasteiger partial charge on any atom is 0.195 e. The molecule has 0 aliphatic carbocycles. The number of anilines is 1. The summed E-state index contributed by atoms with van der Waals surface area (Å²) in [6.07, 6.45) is 1.40. The number of nitrogen functional groups attached to an aromatic ring is 1. The molecule has 0 fully saturated rings. The van der Waals surface area contributed by atoms with E-state index < -0.39 is 0 Å². The number of nitrogens with zero attached hydrogens (tertiary/aromatic N) is 1. The third-order valence-electron chi connectivity index (χ3n) is 3.16. The average Bonchev–Trinajstić information content (AvgIpc) is 2.48. The molecule has 0 radical (unpaired) electrons. The molecule has 1 heterocycles. The number of rotatable bonds is 2. The van der Waals surface area contributed by atoms with Gasteiger partial charge in [0.05, 0.1) is 17.4 Å². The minimum atomic E-state index is -0.155. The Morgan fingerprint density at radius 2 is 1.80 bits per heavy atom. The Morgan fingerprint density at radius 3 is 2.60 bits per heavy atom. The van der Waals surface area contributed by atoms with Crippen LogP contribution in [0.5, 0.6) is 0 Å². The quantitative estimate of drug-likeness (QED) is 0.576. The van der Waals surface area contributed by atoms with E-state index in [0.717, 1.165) is 10.8 Å². The van der Waals surface area contributed by atoms with E-state index in [1.807, 2.05) is 36.4 Å². The average molecular weight is 283 g/mol. The van der Waals surface area contributed by atoms with E-state index in [4.69, 9.17) is 17.3 Å². The van der Waals surface area contributed by atoms with E-state index >= 15 is 0 Å². The van der Waals surface area contributed by atoms with Gasteiger partial charge in [0.25, 0.3) is 0 Å². The van der Waals surface area contributed by atoms with Crippen LogP contribution in [0.4, 0.5) is 5.69 Å².